The first-order valence-corrected chi connectivity index (χ1v) is 5.11. The fraction of sp³-hybridized carbons (Fsp3) is 1.00. The van der Waals surface area contributed by atoms with Crippen LogP contribution in [0.2, 0.25) is 0 Å². The van der Waals surface area contributed by atoms with Crippen molar-refractivity contribution in [3.8, 4) is 0 Å². The van der Waals surface area contributed by atoms with Crippen molar-refractivity contribution in [1.82, 2.24) is 0 Å². The molecule has 1 unspecified atom stereocenters. The molecule has 0 aromatic carbocycles. The molecule has 0 amide bonds. The van der Waals surface area contributed by atoms with E-state index in [1.165, 1.54) is 25.7 Å². The van der Waals surface area contributed by atoms with Crippen molar-refractivity contribution in [2.45, 2.75) is 46.0 Å². The minimum atomic E-state index is -0.193. The SMILES string of the molecule is CC1(C)CCCC(CC[N+](=O)[O-])C1. The van der Waals surface area contributed by atoms with Crippen LogP contribution < -0.4 is 0 Å². The zero-order chi connectivity index (χ0) is 9.90. The van der Waals surface area contributed by atoms with Gasteiger partial charge in [-0.2, -0.15) is 0 Å². The van der Waals surface area contributed by atoms with Crippen LogP contribution in [-0.4, -0.2) is 11.5 Å². The van der Waals surface area contributed by atoms with E-state index < -0.39 is 0 Å². The second kappa shape index (κ2) is 4.07. The molecule has 0 N–H and O–H groups in total. The third-order valence-electron chi connectivity index (χ3n) is 3.03. The Balaban J connectivity index is 2.30. The third kappa shape index (κ3) is 3.75. The van der Waals surface area contributed by atoms with E-state index in [0.29, 0.717) is 11.3 Å². The van der Waals surface area contributed by atoms with Gasteiger partial charge in [0.15, 0.2) is 0 Å². The number of rotatable bonds is 3. The quantitative estimate of drug-likeness (QED) is 0.501. The minimum absolute atomic E-state index is 0.154. The van der Waals surface area contributed by atoms with Crippen molar-refractivity contribution in [3.63, 3.8) is 0 Å². The molecule has 1 aliphatic rings. The van der Waals surface area contributed by atoms with Gasteiger partial charge in [0.25, 0.3) is 0 Å². The summed E-state index contributed by atoms with van der Waals surface area (Å²) in [5.74, 6) is 0.592. The first kappa shape index (κ1) is 10.5. The summed E-state index contributed by atoms with van der Waals surface area (Å²) in [6.45, 7) is 4.69. The van der Waals surface area contributed by atoms with E-state index in [-0.39, 0.29) is 11.5 Å². The van der Waals surface area contributed by atoms with E-state index in [0.717, 1.165) is 6.42 Å². The summed E-state index contributed by atoms with van der Waals surface area (Å²) in [6.07, 6.45) is 5.66. The van der Waals surface area contributed by atoms with Gasteiger partial charge in [-0.25, -0.2) is 0 Å². The predicted molar refractivity (Wildman–Crippen MR) is 52.2 cm³/mol. The Hall–Kier alpha value is -0.600. The van der Waals surface area contributed by atoms with E-state index in [2.05, 4.69) is 13.8 Å². The van der Waals surface area contributed by atoms with Crippen molar-refractivity contribution in [3.05, 3.63) is 10.1 Å². The zero-order valence-electron chi connectivity index (χ0n) is 8.58. The molecule has 1 fully saturated rings. The zero-order valence-corrected chi connectivity index (χ0v) is 8.58. The van der Waals surface area contributed by atoms with Crippen LogP contribution in [0, 0.1) is 21.4 Å². The molecule has 1 aliphatic carbocycles. The Morgan fingerprint density at radius 2 is 2.23 bits per heavy atom. The molecule has 0 aromatic heterocycles. The molecular formula is C10H19NO2. The van der Waals surface area contributed by atoms with Crippen LogP contribution in [0.25, 0.3) is 0 Å². The van der Waals surface area contributed by atoms with E-state index in [1.807, 2.05) is 0 Å². The predicted octanol–water partition coefficient (Wildman–Crippen LogP) is 2.87. The monoisotopic (exact) mass is 185 g/mol. The largest absolute Gasteiger partial charge is 0.265 e. The van der Waals surface area contributed by atoms with Gasteiger partial charge in [-0.1, -0.05) is 26.7 Å². The standard InChI is InChI=1S/C10H19NO2/c1-10(2)6-3-4-9(8-10)5-7-11(12)13/h9H,3-8H2,1-2H3. The Morgan fingerprint density at radius 1 is 1.54 bits per heavy atom. The summed E-state index contributed by atoms with van der Waals surface area (Å²) < 4.78 is 0. The molecule has 76 valence electrons. The van der Waals surface area contributed by atoms with Gasteiger partial charge in [-0.15, -0.1) is 0 Å². The van der Waals surface area contributed by atoms with Crippen LogP contribution in [0.4, 0.5) is 0 Å². The molecule has 13 heavy (non-hydrogen) atoms. The highest BCUT2D eigenvalue weighted by Gasteiger charge is 2.28. The molecule has 0 aliphatic heterocycles. The topological polar surface area (TPSA) is 43.1 Å². The van der Waals surface area contributed by atoms with Gasteiger partial charge in [0, 0.05) is 11.3 Å². The van der Waals surface area contributed by atoms with Gasteiger partial charge in [0.2, 0.25) is 6.54 Å². The molecule has 0 aromatic rings. The highest BCUT2D eigenvalue weighted by Crippen LogP contribution is 2.39. The number of nitro groups is 1. The second-order valence-electron chi connectivity index (χ2n) is 4.97. The molecule has 3 nitrogen and oxygen atoms in total. The number of hydrogen-bond donors (Lipinski definition) is 0. The minimum Gasteiger partial charge on any atom is -0.265 e. The lowest BCUT2D eigenvalue weighted by atomic mass is 9.71. The fourth-order valence-corrected chi connectivity index (χ4v) is 2.39. The average molecular weight is 185 g/mol. The maximum absolute atomic E-state index is 10.2. The lowest BCUT2D eigenvalue weighted by Crippen LogP contribution is -2.24. The summed E-state index contributed by atoms with van der Waals surface area (Å²) in [5.41, 5.74) is 0.416. The molecule has 3 heteroatoms. The highest BCUT2D eigenvalue weighted by molar-refractivity contribution is 4.79. The maximum Gasteiger partial charge on any atom is 0.204 e. The average Bonchev–Trinajstić information content (AvgIpc) is 1.99. The maximum atomic E-state index is 10.2. The third-order valence-corrected chi connectivity index (χ3v) is 3.03. The fourth-order valence-electron chi connectivity index (χ4n) is 2.39. The van der Waals surface area contributed by atoms with Crippen LogP contribution in [0.15, 0.2) is 0 Å². The molecule has 0 saturated heterocycles. The molecule has 0 bridgehead atoms. The van der Waals surface area contributed by atoms with Crippen LogP contribution in [0.1, 0.15) is 46.0 Å². The lowest BCUT2D eigenvalue weighted by molar-refractivity contribution is -0.481. The molecule has 0 spiro atoms. The first-order chi connectivity index (χ1) is 5.99. The highest BCUT2D eigenvalue weighted by atomic mass is 16.6. The van der Waals surface area contributed by atoms with E-state index in [9.17, 15) is 10.1 Å². The summed E-state index contributed by atoms with van der Waals surface area (Å²) in [4.78, 5) is 10.0. The van der Waals surface area contributed by atoms with Crippen molar-refractivity contribution in [2.75, 3.05) is 6.54 Å². The number of nitrogens with zero attached hydrogens (tertiary/aromatic N) is 1. The van der Waals surface area contributed by atoms with Crippen LogP contribution in [-0.2, 0) is 0 Å². The van der Waals surface area contributed by atoms with Crippen molar-refractivity contribution >= 4 is 0 Å². The van der Waals surface area contributed by atoms with E-state index >= 15 is 0 Å². The van der Waals surface area contributed by atoms with Crippen LogP contribution in [0.3, 0.4) is 0 Å². The summed E-state index contributed by atoms with van der Waals surface area (Å²) >= 11 is 0. The molecule has 0 radical (unpaired) electrons. The number of hydrogen-bond acceptors (Lipinski definition) is 2. The molecule has 1 rings (SSSR count). The van der Waals surface area contributed by atoms with Gasteiger partial charge in [-0.05, 0) is 24.2 Å². The van der Waals surface area contributed by atoms with Crippen molar-refractivity contribution in [1.29, 1.82) is 0 Å². The van der Waals surface area contributed by atoms with E-state index in [4.69, 9.17) is 0 Å². The van der Waals surface area contributed by atoms with Crippen LogP contribution >= 0.6 is 0 Å². The second-order valence-corrected chi connectivity index (χ2v) is 4.97. The Morgan fingerprint density at radius 3 is 2.77 bits per heavy atom. The van der Waals surface area contributed by atoms with E-state index in [1.54, 1.807) is 0 Å². The van der Waals surface area contributed by atoms with Gasteiger partial charge in [0.05, 0.1) is 0 Å². The molecule has 1 saturated carbocycles. The molecule has 0 heterocycles. The summed E-state index contributed by atoms with van der Waals surface area (Å²) in [7, 11) is 0. The Kier molecular flexibility index (Phi) is 3.28. The van der Waals surface area contributed by atoms with Crippen molar-refractivity contribution in [2.24, 2.45) is 11.3 Å². The normalized spacial score (nSPS) is 27.1. The van der Waals surface area contributed by atoms with Crippen molar-refractivity contribution < 1.29 is 4.92 Å². The molecular weight excluding hydrogens is 166 g/mol. The smallest absolute Gasteiger partial charge is 0.204 e. The molecule has 1 atom stereocenters. The summed E-state index contributed by atoms with van der Waals surface area (Å²) in [5, 5.41) is 10.2. The lowest BCUT2D eigenvalue weighted by Gasteiger charge is -2.34. The summed E-state index contributed by atoms with van der Waals surface area (Å²) in [6, 6.07) is 0. The van der Waals surface area contributed by atoms with Gasteiger partial charge in [0.1, 0.15) is 0 Å². The van der Waals surface area contributed by atoms with Gasteiger partial charge >= 0.3 is 0 Å². The Bertz CT molecular complexity index is 189. The van der Waals surface area contributed by atoms with Gasteiger partial charge < -0.3 is 0 Å². The first-order valence-electron chi connectivity index (χ1n) is 5.11. The van der Waals surface area contributed by atoms with Gasteiger partial charge in [-0.3, -0.25) is 10.1 Å². The van der Waals surface area contributed by atoms with Crippen LogP contribution in [0.5, 0.6) is 0 Å². The Labute approximate surface area is 79.7 Å².